The van der Waals surface area contributed by atoms with Crippen LogP contribution in [0.4, 0.5) is 0 Å². The van der Waals surface area contributed by atoms with Crippen molar-refractivity contribution >= 4 is 5.65 Å². The molecule has 0 atom stereocenters. The summed E-state index contributed by atoms with van der Waals surface area (Å²) < 4.78 is 1.95. The molecule has 0 radical (unpaired) electrons. The summed E-state index contributed by atoms with van der Waals surface area (Å²) >= 11 is 0. The fourth-order valence-corrected chi connectivity index (χ4v) is 1.41. The molecule has 0 saturated carbocycles. The molecule has 0 aliphatic heterocycles. The molecule has 0 saturated heterocycles. The maximum Gasteiger partial charge on any atom is 0.137 e. The molecular formula is C9H7N5. The Bertz CT molecular complexity index is 551. The van der Waals surface area contributed by atoms with Crippen LogP contribution >= 0.6 is 0 Å². The smallest absolute Gasteiger partial charge is 0.137 e. The first-order valence-electron chi connectivity index (χ1n) is 4.23. The lowest BCUT2D eigenvalue weighted by molar-refractivity contribution is 0.942. The average Bonchev–Trinajstić information content (AvgIpc) is 2.88. The van der Waals surface area contributed by atoms with E-state index in [9.17, 15) is 0 Å². The Kier molecular flexibility index (Phi) is 1.38. The number of fused-ring (bicyclic) bond motifs is 1. The van der Waals surface area contributed by atoms with Crippen molar-refractivity contribution in [2.45, 2.75) is 0 Å². The lowest BCUT2D eigenvalue weighted by atomic mass is 10.2. The summed E-state index contributed by atoms with van der Waals surface area (Å²) in [4.78, 5) is 4.19. The van der Waals surface area contributed by atoms with Gasteiger partial charge in [-0.15, -0.1) is 5.10 Å². The molecule has 5 heteroatoms. The van der Waals surface area contributed by atoms with Crippen molar-refractivity contribution in [2.24, 2.45) is 0 Å². The van der Waals surface area contributed by atoms with Gasteiger partial charge in [0.15, 0.2) is 0 Å². The van der Waals surface area contributed by atoms with Gasteiger partial charge in [0.05, 0.1) is 0 Å². The molecule has 0 aromatic carbocycles. The van der Waals surface area contributed by atoms with E-state index in [1.54, 1.807) is 12.4 Å². The fraction of sp³-hybridized carbons (Fsp3) is 0. The second-order valence-electron chi connectivity index (χ2n) is 2.97. The van der Waals surface area contributed by atoms with Crippen molar-refractivity contribution in [1.29, 1.82) is 0 Å². The van der Waals surface area contributed by atoms with Crippen LogP contribution in [0.15, 0.2) is 36.9 Å². The van der Waals surface area contributed by atoms with Gasteiger partial charge >= 0.3 is 0 Å². The van der Waals surface area contributed by atoms with Crippen LogP contribution in [-0.4, -0.2) is 24.8 Å². The third-order valence-corrected chi connectivity index (χ3v) is 2.11. The van der Waals surface area contributed by atoms with E-state index < -0.39 is 0 Å². The lowest BCUT2D eigenvalue weighted by Crippen LogP contribution is -1.84. The van der Waals surface area contributed by atoms with Gasteiger partial charge < -0.3 is 4.40 Å². The Labute approximate surface area is 79.4 Å². The van der Waals surface area contributed by atoms with Crippen molar-refractivity contribution in [2.75, 3.05) is 0 Å². The van der Waals surface area contributed by atoms with Crippen molar-refractivity contribution < 1.29 is 0 Å². The van der Waals surface area contributed by atoms with Crippen LogP contribution in [0.3, 0.4) is 0 Å². The quantitative estimate of drug-likeness (QED) is 0.618. The van der Waals surface area contributed by atoms with Crippen molar-refractivity contribution in [1.82, 2.24) is 24.8 Å². The zero-order valence-corrected chi connectivity index (χ0v) is 7.25. The van der Waals surface area contributed by atoms with Crippen LogP contribution in [0.5, 0.6) is 0 Å². The summed E-state index contributed by atoms with van der Waals surface area (Å²) in [6.45, 7) is 0. The maximum atomic E-state index is 4.19. The highest BCUT2D eigenvalue weighted by atomic mass is 15.3. The predicted molar refractivity (Wildman–Crippen MR) is 50.6 cm³/mol. The minimum atomic E-state index is 0.829. The molecule has 0 spiro atoms. The minimum Gasteiger partial charge on any atom is -0.307 e. The van der Waals surface area contributed by atoms with E-state index in [4.69, 9.17) is 0 Å². The Morgan fingerprint density at radius 2 is 2.29 bits per heavy atom. The molecule has 68 valence electrons. The first-order chi connectivity index (χ1) is 6.93. The lowest BCUT2D eigenvalue weighted by Gasteiger charge is -1.96. The van der Waals surface area contributed by atoms with Crippen LogP contribution in [0.25, 0.3) is 16.9 Å². The molecule has 1 N–H and O–H groups in total. The van der Waals surface area contributed by atoms with Crippen LogP contribution in [0.1, 0.15) is 0 Å². The largest absolute Gasteiger partial charge is 0.307 e. The topological polar surface area (TPSA) is 58.9 Å². The van der Waals surface area contributed by atoms with E-state index >= 15 is 0 Å². The molecule has 0 bridgehead atoms. The highest BCUT2D eigenvalue weighted by Gasteiger charge is 2.01. The second-order valence-corrected chi connectivity index (χ2v) is 2.97. The average molecular weight is 185 g/mol. The van der Waals surface area contributed by atoms with Crippen molar-refractivity contribution in [3.05, 3.63) is 36.9 Å². The van der Waals surface area contributed by atoms with Gasteiger partial charge in [-0.3, -0.25) is 5.10 Å². The van der Waals surface area contributed by atoms with Gasteiger partial charge in [0, 0.05) is 30.4 Å². The number of nitrogens with one attached hydrogen (secondary N) is 1. The number of aromatic amines is 1. The first kappa shape index (κ1) is 7.25. The summed E-state index contributed by atoms with van der Waals surface area (Å²) in [6.07, 6.45) is 7.38. The van der Waals surface area contributed by atoms with Gasteiger partial charge in [-0.05, 0) is 12.1 Å². The highest BCUT2D eigenvalue weighted by molar-refractivity contribution is 5.62. The number of pyridine rings is 1. The molecule has 14 heavy (non-hydrogen) atoms. The predicted octanol–water partition coefficient (Wildman–Crippen LogP) is 1.12. The molecule has 0 fully saturated rings. The summed E-state index contributed by atoms with van der Waals surface area (Å²) in [5.74, 6) is 0. The number of aromatic nitrogens is 5. The molecule has 3 aromatic heterocycles. The van der Waals surface area contributed by atoms with Crippen molar-refractivity contribution in [3.63, 3.8) is 0 Å². The first-order valence-corrected chi connectivity index (χ1v) is 4.23. The van der Waals surface area contributed by atoms with Crippen molar-refractivity contribution in [3.8, 4) is 11.3 Å². The van der Waals surface area contributed by atoms with E-state index in [1.807, 2.05) is 28.9 Å². The number of hydrogen-bond acceptors (Lipinski definition) is 3. The molecule has 3 heterocycles. The number of hydrogen-bond donors (Lipinski definition) is 1. The summed E-state index contributed by atoms with van der Waals surface area (Å²) in [7, 11) is 0. The zero-order chi connectivity index (χ0) is 9.38. The van der Waals surface area contributed by atoms with Crippen LogP contribution in [0.2, 0.25) is 0 Å². The van der Waals surface area contributed by atoms with Gasteiger partial charge in [-0.1, -0.05) is 5.21 Å². The van der Waals surface area contributed by atoms with Crippen LogP contribution in [0, 0.1) is 0 Å². The Balaban J connectivity index is 2.23. The second kappa shape index (κ2) is 2.66. The molecule has 0 aliphatic carbocycles. The minimum absolute atomic E-state index is 0.829. The van der Waals surface area contributed by atoms with Gasteiger partial charge in [0.2, 0.25) is 0 Å². The Morgan fingerprint density at radius 1 is 1.29 bits per heavy atom. The maximum absolute atomic E-state index is 4.19. The van der Waals surface area contributed by atoms with Crippen LogP contribution < -0.4 is 0 Å². The monoisotopic (exact) mass is 185 g/mol. The van der Waals surface area contributed by atoms with Gasteiger partial charge in [-0.2, -0.15) is 0 Å². The normalized spacial score (nSPS) is 10.9. The summed E-state index contributed by atoms with van der Waals surface area (Å²) in [5.41, 5.74) is 2.75. The molecule has 0 aliphatic rings. The molecular weight excluding hydrogens is 178 g/mol. The van der Waals surface area contributed by atoms with E-state index in [2.05, 4.69) is 20.4 Å². The standard InChI is InChI=1S/C9H7N5/c1-3-14-4-2-10-9(14)5-7(1)8-6-11-13-12-8/h1-6H,(H,11,12,13). The summed E-state index contributed by atoms with van der Waals surface area (Å²) in [6, 6.07) is 3.95. The molecule has 5 nitrogen and oxygen atoms in total. The summed E-state index contributed by atoms with van der Waals surface area (Å²) in [5, 5.41) is 10.3. The SMILES string of the molecule is c1cn2ccc(-c3c[nH]nn3)cc2n1. The van der Waals surface area contributed by atoms with E-state index in [1.165, 1.54) is 0 Å². The third kappa shape index (κ3) is 0.990. The van der Waals surface area contributed by atoms with Crippen LogP contribution in [-0.2, 0) is 0 Å². The zero-order valence-electron chi connectivity index (χ0n) is 7.25. The number of H-pyrrole nitrogens is 1. The Hall–Kier alpha value is -2.17. The molecule has 3 aromatic rings. The molecule has 0 unspecified atom stereocenters. The third-order valence-electron chi connectivity index (χ3n) is 2.11. The number of imidazole rings is 1. The highest BCUT2D eigenvalue weighted by Crippen LogP contribution is 2.16. The number of nitrogens with zero attached hydrogens (tertiary/aromatic N) is 4. The number of rotatable bonds is 1. The fourth-order valence-electron chi connectivity index (χ4n) is 1.41. The molecule has 3 rings (SSSR count). The van der Waals surface area contributed by atoms with E-state index in [0.29, 0.717) is 0 Å². The van der Waals surface area contributed by atoms with Gasteiger partial charge in [0.25, 0.3) is 0 Å². The van der Waals surface area contributed by atoms with E-state index in [0.717, 1.165) is 16.9 Å². The molecule has 0 amide bonds. The van der Waals surface area contributed by atoms with E-state index in [-0.39, 0.29) is 0 Å². The van der Waals surface area contributed by atoms with Gasteiger partial charge in [-0.25, -0.2) is 4.98 Å². The van der Waals surface area contributed by atoms with Gasteiger partial charge in [0.1, 0.15) is 11.3 Å². The Morgan fingerprint density at radius 3 is 3.14 bits per heavy atom.